The van der Waals surface area contributed by atoms with Crippen LogP contribution < -0.4 is 10.5 Å². The summed E-state index contributed by atoms with van der Waals surface area (Å²) in [6, 6.07) is 10.5. The first-order valence-electron chi connectivity index (χ1n) is 9.36. The summed E-state index contributed by atoms with van der Waals surface area (Å²) in [5.41, 5.74) is 1.24. The molecule has 28 heavy (non-hydrogen) atoms. The maximum absolute atomic E-state index is 13.2. The van der Waals surface area contributed by atoms with E-state index in [4.69, 9.17) is 0 Å². The summed E-state index contributed by atoms with van der Waals surface area (Å²) >= 11 is 0. The fraction of sp³-hybridized carbons (Fsp3) is 0.400. The summed E-state index contributed by atoms with van der Waals surface area (Å²) in [7, 11) is 0. The van der Waals surface area contributed by atoms with Crippen molar-refractivity contribution in [3.8, 4) is 0 Å². The van der Waals surface area contributed by atoms with E-state index in [0.29, 0.717) is 36.9 Å². The predicted octanol–water partition coefficient (Wildman–Crippen LogP) is 3.35. The van der Waals surface area contributed by atoms with Crippen LogP contribution in [-0.2, 0) is 6.54 Å². The summed E-state index contributed by atoms with van der Waals surface area (Å²) in [5.74, 6) is 0.433. The molecule has 0 aliphatic carbocycles. The number of alkyl halides is 2. The molecule has 0 amide bonds. The topological polar surface area (TPSA) is 63.9 Å². The number of fused-ring (bicyclic) bond motifs is 1. The summed E-state index contributed by atoms with van der Waals surface area (Å²) in [5, 5.41) is 5.08. The standard InChI is InChI=1S/C20H21F2N5O/c1-13-6-7-17(28)27(25-13)12-14-8-10-26(11-9-14)20-15-4-2-3-5-16(15)23-19(24-20)18(21)22/h2-7,14,18H,8-12H2,1H3. The van der Waals surface area contributed by atoms with Gasteiger partial charge in [-0.1, -0.05) is 12.1 Å². The van der Waals surface area contributed by atoms with Crippen LogP contribution in [0.25, 0.3) is 10.9 Å². The minimum atomic E-state index is -2.71. The van der Waals surface area contributed by atoms with Crippen molar-refractivity contribution in [3.63, 3.8) is 0 Å². The number of piperidine rings is 1. The van der Waals surface area contributed by atoms with E-state index in [1.54, 1.807) is 18.2 Å². The van der Waals surface area contributed by atoms with Gasteiger partial charge in [0.2, 0.25) is 0 Å². The number of para-hydroxylation sites is 1. The molecule has 8 heteroatoms. The molecule has 1 fully saturated rings. The van der Waals surface area contributed by atoms with Crippen LogP contribution >= 0.6 is 0 Å². The van der Waals surface area contributed by atoms with Gasteiger partial charge in [-0.15, -0.1) is 0 Å². The first-order chi connectivity index (χ1) is 13.5. The molecule has 0 radical (unpaired) electrons. The Morgan fingerprint density at radius 1 is 1.11 bits per heavy atom. The van der Waals surface area contributed by atoms with Crippen molar-refractivity contribution in [2.45, 2.75) is 32.7 Å². The van der Waals surface area contributed by atoms with Gasteiger partial charge < -0.3 is 4.90 Å². The Kier molecular flexibility index (Phi) is 5.02. The van der Waals surface area contributed by atoms with Crippen LogP contribution in [0.5, 0.6) is 0 Å². The van der Waals surface area contributed by atoms with E-state index in [9.17, 15) is 13.6 Å². The third kappa shape index (κ3) is 3.72. The Morgan fingerprint density at radius 3 is 2.61 bits per heavy atom. The number of aryl methyl sites for hydroxylation is 1. The third-order valence-electron chi connectivity index (χ3n) is 5.14. The number of rotatable bonds is 4. The zero-order chi connectivity index (χ0) is 19.7. The van der Waals surface area contributed by atoms with E-state index in [0.717, 1.165) is 23.9 Å². The van der Waals surface area contributed by atoms with Crippen molar-refractivity contribution in [1.29, 1.82) is 0 Å². The number of aromatic nitrogens is 4. The highest BCUT2D eigenvalue weighted by Gasteiger charge is 2.24. The maximum atomic E-state index is 13.2. The van der Waals surface area contributed by atoms with E-state index in [2.05, 4.69) is 15.1 Å². The molecule has 0 unspecified atom stereocenters. The molecular formula is C20H21F2N5O. The van der Waals surface area contributed by atoms with Crippen LogP contribution in [0.2, 0.25) is 0 Å². The molecule has 6 nitrogen and oxygen atoms in total. The van der Waals surface area contributed by atoms with E-state index in [-0.39, 0.29) is 5.56 Å². The zero-order valence-corrected chi connectivity index (χ0v) is 15.6. The first kappa shape index (κ1) is 18.5. The quantitative estimate of drug-likeness (QED) is 0.689. The van der Waals surface area contributed by atoms with Gasteiger partial charge in [-0.2, -0.15) is 5.10 Å². The maximum Gasteiger partial charge on any atom is 0.297 e. The molecule has 1 saturated heterocycles. The third-order valence-corrected chi connectivity index (χ3v) is 5.14. The van der Waals surface area contributed by atoms with Crippen molar-refractivity contribution in [3.05, 3.63) is 58.3 Å². The number of hydrogen-bond donors (Lipinski definition) is 0. The Bertz CT molecular complexity index is 1040. The fourth-order valence-electron chi connectivity index (χ4n) is 3.67. The number of anilines is 1. The lowest BCUT2D eigenvalue weighted by Crippen LogP contribution is -2.37. The van der Waals surface area contributed by atoms with Crippen molar-refractivity contribution >= 4 is 16.7 Å². The monoisotopic (exact) mass is 385 g/mol. The number of nitrogens with zero attached hydrogens (tertiary/aromatic N) is 5. The van der Waals surface area contributed by atoms with Gasteiger partial charge in [0, 0.05) is 31.1 Å². The van der Waals surface area contributed by atoms with Crippen LogP contribution in [0.3, 0.4) is 0 Å². The van der Waals surface area contributed by atoms with Gasteiger partial charge in [0.1, 0.15) is 5.82 Å². The molecule has 2 aromatic heterocycles. The molecular weight excluding hydrogens is 364 g/mol. The minimum absolute atomic E-state index is 0.101. The lowest BCUT2D eigenvalue weighted by atomic mass is 9.96. The SMILES string of the molecule is Cc1ccc(=O)n(CC2CCN(c3nc(C(F)F)nc4ccccc34)CC2)n1. The van der Waals surface area contributed by atoms with Crippen molar-refractivity contribution < 1.29 is 8.78 Å². The number of benzene rings is 1. The molecule has 0 N–H and O–H groups in total. The first-order valence-corrected chi connectivity index (χ1v) is 9.36. The van der Waals surface area contributed by atoms with Gasteiger partial charge in [-0.05, 0) is 43.9 Å². The highest BCUT2D eigenvalue weighted by Crippen LogP contribution is 2.30. The molecule has 1 aliphatic heterocycles. The predicted molar refractivity (Wildman–Crippen MR) is 103 cm³/mol. The zero-order valence-electron chi connectivity index (χ0n) is 15.6. The van der Waals surface area contributed by atoms with Gasteiger partial charge in [0.05, 0.1) is 11.2 Å². The highest BCUT2D eigenvalue weighted by atomic mass is 19.3. The van der Waals surface area contributed by atoms with Crippen molar-refractivity contribution in [2.24, 2.45) is 5.92 Å². The minimum Gasteiger partial charge on any atom is -0.356 e. The summed E-state index contributed by atoms with van der Waals surface area (Å²) in [4.78, 5) is 22.2. The van der Waals surface area contributed by atoms with Crippen LogP contribution in [-0.4, -0.2) is 32.8 Å². The molecule has 146 valence electrons. The van der Waals surface area contributed by atoms with Crippen LogP contribution in [0.4, 0.5) is 14.6 Å². The second-order valence-electron chi connectivity index (χ2n) is 7.15. The van der Waals surface area contributed by atoms with E-state index in [1.165, 1.54) is 10.7 Å². The molecule has 0 bridgehead atoms. The molecule has 1 aliphatic rings. The lowest BCUT2D eigenvalue weighted by molar-refractivity contribution is 0.141. The molecule has 1 aromatic carbocycles. The van der Waals surface area contributed by atoms with Gasteiger partial charge in [-0.3, -0.25) is 4.79 Å². The Balaban J connectivity index is 1.54. The van der Waals surface area contributed by atoms with E-state index >= 15 is 0 Å². The summed E-state index contributed by atoms with van der Waals surface area (Å²) in [6.07, 6.45) is -1.03. The lowest BCUT2D eigenvalue weighted by Gasteiger charge is -2.33. The van der Waals surface area contributed by atoms with E-state index in [1.807, 2.05) is 24.0 Å². The fourth-order valence-corrected chi connectivity index (χ4v) is 3.67. The van der Waals surface area contributed by atoms with Gasteiger partial charge in [-0.25, -0.2) is 23.4 Å². The van der Waals surface area contributed by atoms with E-state index < -0.39 is 12.2 Å². The average molecular weight is 385 g/mol. The Labute approximate surface area is 160 Å². The second-order valence-corrected chi connectivity index (χ2v) is 7.15. The van der Waals surface area contributed by atoms with Crippen LogP contribution in [0.15, 0.2) is 41.2 Å². The summed E-state index contributed by atoms with van der Waals surface area (Å²) in [6.45, 7) is 3.81. The molecule has 0 spiro atoms. The molecule has 3 aromatic rings. The Morgan fingerprint density at radius 2 is 1.86 bits per heavy atom. The second kappa shape index (κ2) is 7.61. The number of halogens is 2. The van der Waals surface area contributed by atoms with Gasteiger partial charge >= 0.3 is 0 Å². The smallest absolute Gasteiger partial charge is 0.297 e. The normalized spacial score (nSPS) is 15.5. The number of hydrogen-bond acceptors (Lipinski definition) is 5. The molecule has 3 heterocycles. The molecule has 0 atom stereocenters. The Hall–Kier alpha value is -2.90. The van der Waals surface area contributed by atoms with Crippen molar-refractivity contribution in [2.75, 3.05) is 18.0 Å². The summed E-state index contributed by atoms with van der Waals surface area (Å²) < 4.78 is 28.0. The molecule has 4 rings (SSSR count). The van der Waals surface area contributed by atoms with Gasteiger partial charge in [0.25, 0.3) is 12.0 Å². The van der Waals surface area contributed by atoms with Crippen molar-refractivity contribution in [1.82, 2.24) is 19.7 Å². The average Bonchev–Trinajstić information content (AvgIpc) is 2.70. The molecule has 0 saturated carbocycles. The van der Waals surface area contributed by atoms with Crippen LogP contribution in [0.1, 0.15) is 30.8 Å². The van der Waals surface area contributed by atoms with Gasteiger partial charge in [0.15, 0.2) is 5.82 Å². The van der Waals surface area contributed by atoms with Crippen LogP contribution in [0, 0.1) is 12.8 Å². The highest BCUT2D eigenvalue weighted by molar-refractivity contribution is 5.89. The largest absolute Gasteiger partial charge is 0.356 e.